The van der Waals surface area contributed by atoms with Crippen molar-refractivity contribution in [1.29, 1.82) is 0 Å². The fraction of sp³-hybridized carbons (Fsp3) is 0.467. The number of aromatic nitrogens is 2. The molecule has 0 radical (unpaired) electrons. The standard InChI is InChI=1S/C15H18N4O2S/c20-15(19-4-2-5-21-19)14-10-17(9-13-3-1-6-22-13)8-12-7-16-11-18(12)14/h1,3,6-7,11,14H,2,4-5,8-10H2. The minimum absolute atomic E-state index is 0.0348. The molecule has 2 aromatic heterocycles. The molecule has 4 rings (SSSR count). The van der Waals surface area contributed by atoms with Gasteiger partial charge in [0.1, 0.15) is 6.04 Å². The molecule has 2 aliphatic rings. The number of rotatable bonds is 3. The van der Waals surface area contributed by atoms with Crippen molar-refractivity contribution >= 4 is 17.2 Å². The largest absolute Gasteiger partial charge is 0.319 e. The first-order valence-electron chi connectivity index (χ1n) is 7.51. The number of amides is 1. The van der Waals surface area contributed by atoms with E-state index in [4.69, 9.17) is 4.84 Å². The lowest BCUT2D eigenvalue weighted by molar-refractivity contribution is -0.173. The lowest BCUT2D eigenvalue weighted by Crippen LogP contribution is -2.44. The molecule has 6 nitrogen and oxygen atoms in total. The summed E-state index contributed by atoms with van der Waals surface area (Å²) in [6.45, 7) is 3.70. The molecule has 0 aromatic carbocycles. The second-order valence-electron chi connectivity index (χ2n) is 5.68. The average Bonchev–Trinajstić information content (AvgIpc) is 3.27. The van der Waals surface area contributed by atoms with Crippen LogP contribution in [0.15, 0.2) is 30.0 Å². The predicted molar refractivity (Wildman–Crippen MR) is 82.0 cm³/mol. The van der Waals surface area contributed by atoms with Crippen molar-refractivity contribution in [3.63, 3.8) is 0 Å². The van der Waals surface area contributed by atoms with Gasteiger partial charge in [0.15, 0.2) is 0 Å². The maximum atomic E-state index is 12.7. The van der Waals surface area contributed by atoms with E-state index in [1.165, 1.54) is 9.94 Å². The smallest absolute Gasteiger partial charge is 0.270 e. The van der Waals surface area contributed by atoms with Crippen LogP contribution in [-0.4, -0.2) is 45.1 Å². The Kier molecular flexibility index (Phi) is 3.69. The molecule has 0 bridgehead atoms. The highest BCUT2D eigenvalue weighted by molar-refractivity contribution is 7.09. The summed E-state index contributed by atoms with van der Waals surface area (Å²) in [5.74, 6) is 0.0348. The first-order valence-corrected chi connectivity index (χ1v) is 8.39. The molecule has 1 saturated heterocycles. The molecule has 0 aliphatic carbocycles. The average molecular weight is 318 g/mol. The molecule has 2 aromatic rings. The minimum atomic E-state index is -0.246. The molecular weight excluding hydrogens is 300 g/mol. The first-order chi connectivity index (χ1) is 10.8. The highest BCUT2D eigenvalue weighted by Gasteiger charge is 2.34. The van der Waals surface area contributed by atoms with E-state index >= 15 is 0 Å². The molecule has 22 heavy (non-hydrogen) atoms. The number of hydroxylamine groups is 2. The highest BCUT2D eigenvalue weighted by atomic mass is 32.1. The molecule has 4 heterocycles. The number of carbonyl (C=O) groups is 1. The van der Waals surface area contributed by atoms with Crippen molar-refractivity contribution < 1.29 is 9.63 Å². The molecular formula is C15H18N4O2S. The van der Waals surface area contributed by atoms with Crippen molar-refractivity contribution in [2.45, 2.75) is 25.6 Å². The Bertz CT molecular complexity index is 648. The van der Waals surface area contributed by atoms with Crippen LogP contribution in [0.1, 0.15) is 23.0 Å². The molecule has 7 heteroatoms. The van der Waals surface area contributed by atoms with Gasteiger partial charge in [0.2, 0.25) is 0 Å². The molecule has 1 amide bonds. The molecule has 2 aliphatic heterocycles. The number of hydrogen-bond acceptors (Lipinski definition) is 5. The van der Waals surface area contributed by atoms with Crippen LogP contribution >= 0.6 is 11.3 Å². The number of carbonyl (C=O) groups excluding carboxylic acids is 1. The van der Waals surface area contributed by atoms with E-state index in [1.807, 2.05) is 10.8 Å². The fourth-order valence-electron chi connectivity index (χ4n) is 3.09. The maximum Gasteiger partial charge on any atom is 0.270 e. The molecule has 1 atom stereocenters. The Morgan fingerprint density at radius 3 is 3.23 bits per heavy atom. The normalized spacial score (nSPS) is 22.0. The Hall–Kier alpha value is -1.70. The van der Waals surface area contributed by atoms with Crippen LogP contribution < -0.4 is 0 Å². The van der Waals surface area contributed by atoms with Crippen molar-refractivity contribution in [1.82, 2.24) is 19.5 Å². The number of thiophene rings is 1. The van der Waals surface area contributed by atoms with E-state index in [1.54, 1.807) is 17.7 Å². The van der Waals surface area contributed by atoms with Gasteiger partial charge in [0.25, 0.3) is 5.91 Å². The lowest BCUT2D eigenvalue weighted by atomic mass is 10.1. The van der Waals surface area contributed by atoms with Crippen LogP contribution in [0, 0.1) is 0 Å². The zero-order chi connectivity index (χ0) is 14.9. The number of imidazole rings is 1. The van der Waals surface area contributed by atoms with E-state index < -0.39 is 0 Å². The van der Waals surface area contributed by atoms with Crippen LogP contribution in [0.5, 0.6) is 0 Å². The van der Waals surface area contributed by atoms with Crippen molar-refractivity contribution in [2.75, 3.05) is 19.7 Å². The Morgan fingerprint density at radius 2 is 2.45 bits per heavy atom. The van der Waals surface area contributed by atoms with Crippen LogP contribution in [0.3, 0.4) is 0 Å². The van der Waals surface area contributed by atoms with E-state index in [0.29, 0.717) is 19.7 Å². The van der Waals surface area contributed by atoms with Crippen molar-refractivity contribution in [3.05, 3.63) is 40.6 Å². The number of fused-ring (bicyclic) bond motifs is 1. The molecule has 1 unspecified atom stereocenters. The summed E-state index contributed by atoms with van der Waals surface area (Å²) in [6.07, 6.45) is 4.52. The van der Waals surface area contributed by atoms with E-state index in [0.717, 1.165) is 25.2 Å². The van der Waals surface area contributed by atoms with Crippen molar-refractivity contribution in [3.8, 4) is 0 Å². The van der Waals surface area contributed by atoms with Crippen LogP contribution in [0.2, 0.25) is 0 Å². The molecule has 0 spiro atoms. The van der Waals surface area contributed by atoms with Gasteiger partial charge in [-0.15, -0.1) is 11.3 Å². The molecule has 116 valence electrons. The van der Waals surface area contributed by atoms with Gasteiger partial charge in [0.05, 0.1) is 25.2 Å². The maximum absolute atomic E-state index is 12.7. The third kappa shape index (κ3) is 2.55. The summed E-state index contributed by atoms with van der Waals surface area (Å²) in [6, 6.07) is 3.95. The minimum Gasteiger partial charge on any atom is -0.319 e. The van der Waals surface area contributed by atoms with Gasteiger partial charge in [-0.1, -0.05) is 6.07 Å². The van der Waals surface area contributed by atoms with E-state index in [9.17, 15) is 4.79 Å². The summed E-state index contributed by atoms with van der Waals surface area (Å²) in [5.41, 5.74) is 1.08. The fourth-order valence-corrected chi connectivity index (χ4v) is 3.84. The van der Waals surface area contributed by atoms with Gasteiger partial charge in [-0.2, -0.15) is 0 Å². The van der Waals surface area contributed by atoms with Crippen LogP contribution in [0.4, 0.5) is 0 Å². The third-order valence-corrected chi connectivity index (χ3v) is 5.00. The molecule has 0 N–H and O–H groups in total. The van der Waals surface area contributed by atoms with Crippen molar-refractivity contribution in [2.24, 2.45) is 0 Å². The topological polar surface area (TPSA) is 50.6 Å². The predicted octanol–water partition coefficient (Wildman–Crippen LogP) is 1.67. The highest BCUT2D eigenvalue weighted by Crippen LogP contribution is 2.26. The SMILES string of the molecule is O=C(C1CN(Cc2cccs2)Cc2cncn21)N1CCCO1. The number of hydrogen-bond donors (Lipinski definition) is 0. The second-order valence-corrected chi connectivity index (χ2v) is 6.72. The van der Waals surface area contributed by atoms with Gasteiger partial charge in [0, 0.05) is 30.7 Å². The summed E-state index contributed by atoms with van der Waals surface area (Å²) in [4.78, 5) is 26.0. The van der Waals surface area contributed by atoms with Crippen LogP contribution in [-0.2, 0) is 22.7 Å². The zero-order valence-corrected chi connectivity index (χ0v) is 13.0. The van der Waals surface area contributed by atoms with E-state index in [-0.39, 0.29) is 11.9 Å². The second kappa shape index (κ2) is 5.83. The zero-order valence-electron chi connectivity index (χ0n) is 12.2. The summed E-state index contributed by atoms with van der Waals surface area (Å²) in [7, 11) is 0. The summed E-state index contributed by atoms with van der Waals surface area (Å²) < 4.78 is 1.99. The third-order valence-electron chi connectivity index (χ3n) is 4.14. The number of nitrogens with zero attached hydrogens (tertiary/aromatic N) is 4. The van der Waals surface area contributed by atoms with E-state index in [2.05, 4.69) is 27.4 Å². The van der Waals surface area contributed by atoms with Gasteiger partial charge < -0.3 is 4.57 Å². The van der Waals surface area contributed by atoms with Gasteiger partial charge in [-0.3, -0.25) is 14.5 Å². The molecule has 1 fully saturated rings. The Balaban J connectivity index is 1.56. The lowest BCUT2D eigenvalue weighted by Gasteiger charge is -2.34. The summed E-state index contributed by atoms with van der Waals surface area (Å²) in [5, 5.41) is 3.60. The van der Waals surface area contributed by atoms with Gasteiger partial charge in [-0.25, -0.2) is 10.0 Å². The Labute approximate surface area is 132 Å². The molecule has 0 saturated carbocycles. The monoisotopic (exact) mass is 318 g/mol. The van der Waals surface area contributed by atoms with Gasteiger partial charge in [-0.05, 0) is 17.9 Å². The summed E-state index contributed by atoms with van der Waals surface area (Å²) >= 11 is 1.75. The van der Waals surface area contributed by atoms with Gasteiger partial charge >= 0.3 is 0 Å². The quantitative estimate of drug-likeness (QED) is 0.864. The Morgan fingerprint density at radius 1 is 1.50 bits per heavy atom. The van der Waals surface area contributed by atoms with Crippen LogP contribution in [0.25, 0.3) is 0 Å². The first kappa shape index (κ1) is 13.9.